The normalized spacial score (nSPS) is 15.2. The number of carbonyl (C=O) groups is 1. The van der Waals surface area contributed by atoms with Crippen LogP contribution in [0.1, 0.15) is 39.3 Å². The number of methoxy groups -OCH3 is 1. The molecule has 3 heterocycles. The number of hydrogen-bond acceptors (Lipinski definition) is 8. The number of amides is 1. The summed E-state index contributed by atoms with van der Waals surface area (Å²) in [5.74, 6) is 0.929. The number of nitrogens with zero attached hydrogens (tertiary/aromatic N) is 4. The van der Waals surface area contributed by atoms with Gasteiger partial charge in [0.1, 0.15) is 23.2 Å². The molecule has 1 amide bonds. The zero-order valence-corrected chi connectivity index (χ0v) is 21.8. The summed E-state index contributed by atoms with van der Waals surface area (Å²) in [7, 11) is 3.60. The van der Waals surface area contributed by atoms with Gasteiger partial charge in [0.15, 0.2) is 5.82 Å². The Labute approximate surface area is 212 Å². The van der Waals surface area contributed by atoms with E-state index in [1.807, 2.05) is 44.5 Å². The first-order valence-corrected chi connectivity index (χ1v) is 12.4. The lowest BCUT2D eigenvalue weighted by atomic mass is 10.0. The highest BCUT2D eigenvalue weighted by Gasteiger charge is 2.21. The molecule has 36 heavy (non-hydrogen) atoms. The molecule has 4 N–H and O–H groups in total. The molecule has 1 saturated heterocycles. The minimum absolute atomic E-state index is 0.413. The predicted octanol–water partition coefficient (Wildman–Crippen LogP) is 3.56. The molecule has 3 aromatic rings. The van der Waals surface area contributed by atoms with Crippen molar-refractivity contribution in [2.75, 3.05) is 44.8 Å². The SMILES string of the molecule is CNC1CCN(CCc2cc(-c3ccc(NC(=O)OC(C)(C)C)c(OC)c3)c3c(N)ncnn23)CC1. The van der Waals surface area contributed by atoms with Crippen molar-refractivity contribution >= 4 is 23.1 Å². The fourth-order valence-electron chi connectivity index (χ4n) is 4.62. The number of nitrogens with one attached hydrogen (secondary N) is 2. The number of fused-ring (bicyclic) bond motifs is 1. The lowest BCUT2D eigenvalue weighted by Crippen LogP contribution is -2.41. The number of rotatable bonds is 7. The topological polar surface area (TPSA) is 119 Å². The van der Waals surface area contributed by atoms with Gasteiger partial charge >= 0.3 is 6.09 Å². The second-order valence-electron chi connectivity index (χ2n) is 10.2. The number of ether oxygens (including phenoxy) is 2. The Hall–Kier alpha value is -3.37. The molecule has 10 heteroatoms. The maximum absolute atomic E-state index is 12.3. The summed E-state index contributed by atoms with van der Waals surface area (Å²) in [6.45, 7) is 8.58. The molecule has 0 radical (unpaired) electrons. The number of aromatic nitrogens is 3. The summed E-state index contributed by atoms with van der Waals surface area (Å²) in [4.78, 5) is 19.0. The van der Waals surface area contributed by atoms with Gasteiger partial charge in [-0.05, 0) is 77.5 Å². The van der Waals surface area contributed by atoms with Crippen LogP contribution in [0.4, 0.5) is 16.3 Å². The van der Waals surface area contributed by atoms with Crippen molar-refractivity contribution in [1.29, 1.82) is 0 Å². The lowest BCUT2D eigenvalue weighted by molar-refractivity contribution is 0.0635. The van der Waals surface area contributed by atoms with Crippen LogP contribution in [0.3, 0.4) is 0 Å². The number of nitrogens with two attached hydrogens (primary N) is 1. The number of nitrogen functional groups attached to an aromatic ring is 1. The Bertz CT molecular complexity index is 1210. The van der Waals surface area contributed by atoms with Crippen molar-refractivity contribution in [2.24, 2.45) is 0 Å². The summed E-state index contributed by atoms with van der Waals surface area (Å²) in [6.07, 6.45) is 4.12. The number of benzene rings is 1. The number of anilines is 2. The van der Waals surface area contributed by atoms with Crippen LogP contribution < -0.4 is 21.1 Å². The highest BCUT2D eigenvalue weighted by molar-refractivity contribution is 5.92. The van der Waals surface area contributed by atoms with E-state index in [1.54, 1.807) is 13.2 Å². The maximum Gasteiger partial charge on any atom is 0.412 e. The predicted molar refractivity (Wildman–Crippen MR) is 141 cm³/mol. The molecule has 194 valence electrons. The summed E-state index contributed by atoms with van der Waals surface area (Å²) in [6, 6.07) is 8.32. The van der Waals surface area contributed by atoms with Gasteiger partial charge in [-0.2, -0.15) is 5.10 Å². The first kappa shape index (κ1) is 25.7. The highest BCUT2D eigenvalue weighted by atomic mass is 16.6. The molecule has 0 atom stereocenters. The maximum atomic E-state index is 12.3. The Morgan fingerprint density at radius 3 is 2.64 bits per heavy atom. The first-order valence-electron chi connectivity index (χ1n) is 12.4. The van der Waals surface area contributed by atoms with Gasteiger partial charge in [0.05, 0.1) is 12.8 Å². The number of likely N-dealkylation sites (tertiary alicyclic amines) is 1. The van der Waals surface area contributed by atoms with Gasteiger partial charge in [-0.15, -0.1) is 0 Å². The largest absolute Gasteiger partial charge is 0.495 e. The van der Waals surface area contributed by atoms with E-state index in [9.17, 15) is 4.79 Å². The van der Waals surface area contributed by atoms with Crippen molar-refractivity contribution in [2.45, 2.75) is 51.7 Å². The Morgan fingerprint density at radius 2 is 1.97 bits per heavy atom. The second-order valence-corrected chi connectivity index (χ2v) is 10.2. The molecular weight excluding hydrogens is 458 g/mol. The van der Waals surface area contributed by atoms with Gasteiger partial charge in [-0.1, -0.05) is 6.07 Å². The summed E-state index contributed by atoms with van der Waals surface area (Å²) >= 11 is 0. The van der Waals surface area contributed by atoms with Crippen LogP contribution in [-0.4, -0.2) is 71.0 Å². The minimum Gasteiger partial charge on any atom is -0.495 e. The molecule has 1 aromatic carbocycles. The van der Waals surface area contributed by atoms with Gasteiger partial charge in [0.2, 0.25) is 0 Å². The molecule has 4 rings (SSSR count). The molecular formula is C26H37N7O3. The van der Waals surface area contributed by atoms with E-state index >= 15 is 0 Å². The summed E-state index contributed by atoms with van der Waals surface area (Å²) < 4.78 is 12.8. The quantitative estimate of drug-likeness (QED) is 0.455. The van der Waals surface area contributed by atoms with Crippen LogP contribution in [0, 0.1) is 0 Å². The van der Waals surface area contributed by atoms with Gasteiger partial charge < -0.3 is 25.4 Å². The van der Waals surface area contributed by atoms with Crippen LogP contribution in [-0.2, 0) is 11.2 Å². The van der Waals surface area contributed by atoms with Crippen LogP contribution >= 0.6 is 0 Å². The molecule has 2 aromatic heterocycles. The highest BCUT2D eigenvalue weighted by Crippen LogP contribution is 2.36. The van der Waals surface area contributed by atoms with Gasteiger partial charge in [0.25, 0.3) is 0 Å². The minimum atomic E-state index is -0.598. The zero-order chi connectivity index (χ0) is 25.9. The van der Waals surface area contributed by atoms with Crippen LogP contribution in [0.15, 0.2) is 30.6 Å². The Morgan fingerprint density at radius 1 is 1.22 bits per heavy atom. The van der Waals surface area contributed by atoms with Crippen molar-refractivity contribution < 1.29 is 14.3 Å². The van der Waals surface area contributed by atoms with Gasteiger partial charge in [-0.3, -0.25) is 5.32 Å². The van der Waals surface area contributed by atoms with E-state index in [2.05, 4.69) is 31.7 Å². The molecule has 0 bridgehead atoms. The number of carbonyl (C=O) groups excluding carboxylic acids is 1. The Kier molecular flexibility index (Phi) is 7.65. The fourth-order valence-corrected chi connectivity index (χ4v) is 4.62. The smallest absolute Gasteiger partial charge is 0.412 e. The number of hydrogen-bond donors (Lipinski definition) is 3. The van der Waals surface area contributed by atoms with E-state index in [4.69, 9.17) is 15.2 Å². The third-order valence-electron chi connectivity index (χ3n) is 6.48. The van der Waals surface area contributed by atoms with E-state index < -0.39 is 11.7 Å². The van der Waals surface area contributed by atoms with Crippen LogP contribution in [0.5, 0.6) is 5.75 Å². The molecule has 1 aliphatic heterocycles. The molecule has 1 aliphatic rings. The van der Waals surface area contributed by atoms with E-state index in [0.29, 0.717) is 23.3 Å². The van der Waals surface area contributed by atoms with Crippen molar-refractivity contribution in [3.05, 3.63) is 36.3 Å². The molecule has 10 nitrogen and oxygen atoms in total. The van der Waals surface area contributed by atoms with Crippen LogP contribution in [0.2, 0.25) is 0 Å². The molecule has 0 spiro atoms. The van der Waals surface area contributed by atoms with E-state index in [-0.39, 0.29) is 0 Å². The fraction of sp³-hybridized carbons (Fsp3) is 0.500. The molecule has 0 unspecified atom stereocenters. The third kappa shape index (κ3) is 5.88. The van der Waals surface area contributed by atoms with Gasteiger partial charge in [-0.25, -0.2) is 14.3 Å². The van der Waals surface area contributed by atoms with Crippen molar-refractivity contribution in [3.63, 3.8) is 0 Å². The first-order chi connectivity index (χ1) is 17.2. The van der Waals surface area contributed by atoms with Gasteiger partial charge in [0, 0.05) is 30.3 Å². The van der Waals surface area contributed by atoms with E-state index in [0.717, 1.165) is 61.2 Å². The second kappa shape index (κ2) is 10.7. The van der Waals surface area contributed by atoms with E-state index in [1.165, 1.54) is 6.33 Å². The molecule has 0 aliphatic carbocycles. The Balaban J connectivity index is 1.59. The van der Waals surface area contributed by atoms with Crippen molar-refractivity contribution in [3.8, 4) is 16.9 Å². The third-order valence-corrected chi connectivity index (χ3v) is 6.48. The number of piperidine rings is 1. The lowest BCUT2D eigenvalue weighted by Gasteiger charge is -2.31. The zero-order valence-electron chi connectivity index (χ0n) is 21.8. The average molecular weight is 496 g/mol. The summed E-state index contributed by atoms with van der Waals surface area (Å²) in [5.41, 5.74) is 9.87. The molecule has 0 saturated carbocycles. The van der Waals surface area contributed by atoms with Crippen molar-refractivity contribution in [1.82, 2.24) is 24.8 Å². The van der Waals surface area contributed by atoms with Crippen LogP contribution in [0.25, 0.3) is 16.6 Å². The monoisotopic (exact) mass is 495 g/mol. The molecule has 1 fully saturated rings. The average Bonchev–Trinajstić information content (AvgIpc) is 3.22. The summed E-state index contributed by atoms with van der Waals surface area (Å²) in [5, 5.41) is 10.6. The standard InChI is InChI=1S/C26H37N7O3/c1-26(2,3)36-25(34)31-21-7-6-17(14-22(21)35-5)20-15-19(33-23(20)24(27)29-16-30-33)10-13-32-11-8-18(28-4)9-12-32/h6-7,14-16,18,28H,8-13H2,1-5H3,(H,31,34)(H2,27,29,30).